The fourth-order valence-electron chi connectivity index (χ4n) is 1.99. The minimum Gasteiger partial charge on any atom is -0.353 e. The third kappa shape index (κ3) is 1.95. The molecule has 2 aromatic carbocycles. The summed E-state index contributed by atoms with van der Waals surface area (Å²) in [6.45, 7) is 0.488. The Morgan fingerprint density at radius 1 is 1.11 bits per heavy atom. The standard InChI is InChI=1S/C14H11N2OS/c17-9-15-8-10-4-3-7-13-14(10)16-11-5-1-2-6-12(11)18-13/h1-7,16H,8H2,(H,15,17). The molecule has 4 heteroatoms. The lowest BCUT2D eigenvalue weighted by Crippen LogP contribution is -2.12. The summed E-state index contributed by atoms with van der Waals surface area (Å²) in [6.07, 6.45) is 1.71. The van der Waals surface area contributed by atoms with Crippen LogP contribution in [-0.2, 0) is 11.3 Å². The molecule has 0 spiro atoms. The largest absolute Gasteiger partial charge is 0.353 e. The lowest BCUT2D eigenvalue weighted by molar-refractivity contribution is 0.542. The number of para-hydroxylation sites is 2. The molecule has 0 bridgehead atoms. The zero-order valence-electron chi connectivity index (χ0n) is 9.57. The van der Waals surface area contributed by atoms with Crippen molar-refractivity contribution < 1.29 is 4.79 Å². The van der Waals surface area contributed by atoms with Crippen molar-refractivity contribution in [3.8, 4) is 0 Å². The zero-order chi connectivity index (χ0) is 12.4. The van der Waals surface area contributed by atoms with Crippen LogP contribution in [0, 0.1) is 0 Å². The number of rotatable bonds is 3. The van der Waals surface area contributed by atoms with Crippen LogP contribution in [0.25, 0.3) is 0 Å². The highest BCUT2D eigenvalue weighted by Gasteiger charge is 2.17. The number of benzene rings is 2. The monoisotopic (exact) mass is 255 g/mol. The van der Waals surface area contributed by atoms with Crippen molar-refractivity contribution in [3.05, 3.63) is 48.0 Å². The number of nitrogens with one attached hydrogen (secondary N) is 2. The lowest BCUT2D eigenvalue weighted by Gasteiger charge is -2.23. The van der Waals surface area contributed by atoms with Crippen molar-refractivity contribution in [2.24, 2.45) is 0 Å². The summed E-state index contributed by atoms with van der Waals surface area (Å²) in [5.41, 5.74) is 3.25. The molecule has 0 saturated carbocycles. The van der Waals surface area contributed by atoms with Crippen LogP contribution in [0.5, 0.6) is 0 Å². The van der Waals surface area contributed by atoms with E-state index in [0.29, 0.717) is 6.54 Å². The summed E-state index contributed by atoms with van der Waals surface area (Å²) in [6, 6.07) is 14.3. The molecule has 0 aromatic heterocycles. The summed E-state index contributed by atoms with van der Waals surface area (Å²) >= 11 is 1.74. The smallest absolute Gasteiger partial charge is 0.309 e. The number of anilines is 2. The molecule has 18 heavy (non-hydrogen) atoms. The van der Waals surface area contributed by atoms with Gasteiger partial charge in [-0.25, -0.2) is 0 Å². The average Bonchev–Trinajstić information content (AvgIpc) is 2.43. The fraction of sp³-hybridized carbons (Fsp3) is 0.0714. The number of amides is 1. The van der Waals surface area contributed by atoms with E-state index in [9.17, 15) is 4.79 Å². The van der Waals surface area contributed by atoms with E-state index in [1.54, 1.807) is 18.2 Å². The van der Waals surface area contributed by atoms with Crippen molar-refractivity contribution in [2.75, 3.05) is 5.32 Å². The first-order valence-corrected chi connectivity index (χ1v) is 6.46. The molecule has 0 aliphatic carbocycles. The van der Waals surface area contributed by atoms with Crippen LogP contribution in [0.3, 0.4) is 0 Å². The zero-order valence-corrected chi connectivity index (χ0v) is 10.4. The first-order valence-electron chi connectivity index (χ1n) is 5.64. The van der Waals surface area contributed by atoms with Gasteiger partial charge in [-0.1, -0.05) is 36.0 Å². The highest BCUT2D eigenvalue weighted by atomic mass is 32.2. The number of hydrogen-bond acceptors (Lipinski definition) is 3. The molecule has 0 atom stereocenters. The summed E-state index contributed by atoms with van der Waals surface area (Å²) in [5, 5.41) is 6.01. The third-order valence-electron chi connectivity index (χ3n) is 2.83. The van der Waals surface area contributed by atoms with E-state index in [1.165, 1.54) is 9.79 Å². The van der Waals surface area contributed by atoms with Crippen LogP contribution in [0.4, 0.5) is 11.4 Å². The first kappa shape index (κ1) is 11.2. The van der Waals surface area contributed by atoms with Gasteiger partial charge in [0.2, 0.25) is 0 Å². The number of fused-ring (bicyclic) bond motifs is 2. The molecule has 1 aliphatic rings. The van der Waals surface area contributed by atoms with Crippen LogP contribution < -0.4 is 10.6 Å². The van der Waals surface area contributed by atoms with Gasteiger partial charge in [0.25, 0.3) is 0 Å². The van der Waals surface area contributed by atoms with Gasteiger partial charge in [0.05, 0.1) is 11.4 Å². The van der Waals surface area contributed by atoms with Crippen LogP contribution in [0.1, 0.15) is 5.56 Å². The van der Waals surface area contributed by atoms with Gasteiger partial charge in [0.15, 0.2) is 0 Å². The maximum atomic E-state index is 10.3. The normalized spacial score (nSPS) is 12.0. The van der Waals surface area contributed by atoms with Gasteiger partial charge >= 0.3 is 6.41 Å². The van der Waals surface area contributed by atoms with Crippen molar-refractivity contribution in [1.82, 2.24) is 5.32 Å². The molecule has 89 valence electrons. The molecule has 1 amide bonds. The fourth-order valence-corrected chi connectivity index (χ4v) is 3.04. The molecular formula is C14H11N2OS. The van der Waals surface area contributed by atoms with Crippen LogP contribution >= 0.6 is 11.8 Å². The summed E-state index contributed by atoms with van der Waals surface area (Å²) in [7, 11) is 0. The van der Waals surface area contributed by atoms with Crippen molar-refractivity contribution in [3.63, 3.8) is 0 Å². The van der Waals surface area contributed by atoms with Crippen molar-refractivity contribution in [1.29, 1.82) is 0 Å². The average molecular weight is 255 g/mol. The Balaban J connectivity index is 1.99. The van der Waals surface area contributed by atoms with Gasteiger partial charge in [0, 0.05) is 16.3 Å². The van der Waals surface area contributed by atoms with Crippen molar-refractivity contribution >= 4 is 29.5 Å². The van der Waals surface area contributed by atoms with Crippen molar-refractivity contribution in [2.45, 2.75) is 16.3 Å². The predicted molar refractivity (Wildman–Crippen MR) is 72.8 cm³/mol. The highest BCUT2D eigenvalue weighted by molar-refractivity contribution is 7.99. The second kappa shape index (κ2) is 4.74. The first-order chi connectivity index (χ1) is 8.88. The van der Waals surface area contributed by atoms with Gasteiger partial charge in [0.1, 0.15) is 0 Å². The molecule has 3 nitrogen and oxygen atoms in total. The number of carbonyl (C=O) groups excluding carboxylic acids is 1. The van der Waals surface area contributed by atoms with E-state index in [4.69, 9.17) is 0 Å². The molecule has 1 heterocycles. The van der Waals surface area contributed by atoms with E-state index >= 15 is 0 Å². The molecule has 0 fully saturated rings. The number of hydrogen-bond donors (Lipinski definition) is 2. The quantitative estimate of drug-likeness (QED) is 0.707. The minimum atomic E-state index is 0.488. The lowest BCUT2D eigenvalue weighted by atomic mass is 10.1. The predicted octanol–water partition coefficient (Wildman–Crippen LogP) is 3.05. The maximum absolute atomic E-state index is 10.3. The summed E-state index contributed by atoms with van der Waals surface area (Å²) < 4.78 is 0. The Bertz CT molecular complexity index is 598. The summed E-state index contributed by atoms with van der Waals surface area (Å²) in [4.78, 5) is 12.7. The molecular weight excluding hydrogens is 244 g/mol. The van der Waals surface area contributed by atoms with E-state index in [-0.39, 0.29) is 0 Å². The SMILES string of the molecule is O=[C]NCc1cccc2c1Nc1ccccc1S2. The Morgan fingerprint density at radius 2 is 1.94 bits per heavy atom. The minimum absolute atomic E-state index is 0.488. The third-order valence-corrected chi connectivity index (χ3v) is 3.97. The van der Waals surface area contributed by atoms with Gasteiger partial charge in [-0.2, -0.15) is 0 Å². The van der Waals surface area contributed by atoms with Crippen LogP contribution in [-0.4, -0.2) is 6.41 Å². The van der Waals surface area contributed by atoms with Gasteiger partial charge in [-0.15, -0.1) is 0 Å². The Labute approximate surface area is 110 Å². The van der Waals surface area contributed by atoms with Gasteiger partial charge in [-0.3, -0.25) is 4.79 Å². The Morgan fingerprint density at radius 3 is 2.83 bits per heavy atom. The van der Waals surface area contributed by atoms with Crippen LogP contribution in [0.2, 0.25) is 0 Å². The van der Waals surface area contributed by atoms with E-state index in [2.05, 4.69) is 28.8 Å². The topological polar surface area (TPSA) is 41.1 Å². The van der Waals surface area contributed by atoms with Gasteiger partial charge in [-0.05, 0) is 23.8 Å². The molecule has 1 radical (unpaired) electrons. The second-order valence-electron chi connectivity index (χ2n) is 3.97. The summed E-state index contributed by atoms with van der Waals surface area (Å²) in [5.74, 6) is 0. The molecule has 0 saturated heterocycles. The highest BCUT2D eigenvalue weighted by Crippen LogP contribution is 2.45. The van der Waals surface area contributed by atoms with Gasteiger partial charge < -0.3 is 10.6 Å². The molecule has 2 aromatic rings. The van der Waals surface area contributed by atoms with E-state index < -0.39 is 0 Å². The van der Waals surface area contributed by atoms with E-state index in [1.807, 2.05) is 24.3 Å². The van der Waals surface area contributed by atoms with Crippen LogP contribution in [0.15, 0.2) is 52.3 Å². The Kier molecular flexibility index (Phi) is 2.94. The molecule has 3 rings (SSSR count). The second-order valence-corrected chi connectivity index (χ2v) is 5.05. The molecule has 2 N–H and O–H groups in total. The van der Waals surface area contributed by atoms with E-state index in [0.717, 1.165) is 16.9 Å². The maximum Gasteiger partial charge on any atom is 0.309 e. The Hall–Kier alpha value is -1.94. The molecule has 0 unspecified atom stereocenters. The molecule has 1 aliphatic heterocycles.